The first-order chi connectivity index (χ1) is 14.7. The Morgan fingerprint density at radius 1 is 1.10 bits per heavy atom. The van der Waals surface area contributed by atoms with Crippen molar-refractivity contribution in [1.82, 2.24) is 19.8 Å². The molecule has 0 saturated heterocycles. The van der Waals surface area contributed by atoms with E-state index in [1.807, 2.05) is 0 Å². The smallest absolute Gasteiger partial charge is 0.386 e. The highest BCUT2D eigenvalue weighted by Gasteiger charge is 2.29. The minimum atomic E-state index is -1.33. The van der Waals surface area contributed by atoms with Gasteiger partial charge in [-0.3, -0.25) is 0 Å². The molecule has 0 aliphatic carbocycles. The molecule has 162 valence electrons. The zero-order valence-electron chi connectivity index (χ0n) is 16.1. The third-order valence-corrected chi connectivity index (χ3v) is 4.78. The fourth-order valence-electron chi connectivity index (χ4n) is 2.68. The molecule has 2 aromatic carbocycles. The number of rotatable bonds is 5. The second-order valence-corrected chi connectivity index (χ2v) is 6.53. The molecule has 11 nitrogen and oxygen atoms in total. The fourth-order valence-corrected chi connectivity index (χ4v) is 3.06. The van der Waals surface area contributed by atoms with Crippen molar-refractivity contribution < 1.29 is 33.0 Å². The van der Waals surface area contributed by atoms with Gasteiger partial charge in [0.05, 0.1) is 23.6 Å². The number of aromatic carboxylic acids is 1. The van der Waals surface area contributed by atoms with Crippen LogP contribution in [0.4, 0.5) is 19.3 Å². The van der Waals surface area contributed by atoms with Crippen LogP contribution in [0.3, 0.4) is 0 Å². The van der Waals surface area contributed by atoms with Crippen LogP contribution in [0, 0.1) is 11.6 Å². The summed E-state index contributed by atoms with van der Waals surface area (Å²) >= 11 is 0. The molecule has 1 N–H and O–H groups in total. The van der Waals surface area contributed by atoms with E-state index in [-0.39, 0.29) is 27.4 Å². The molecule has 1 amide bonds. The van der Waals surface area contributed by atoms with Crippen LogP contribution in [0.15, 0.2) is 35.1 Å². The molecule has 1 aromatic heterocycles. The molecule has 0 saturated carbocycles. The number of nitrogens with zero attached hydrogens (tertiary/aromatic N) is 5. The molecule has 31 heavy (non-hydrogen) atoms. The van der Waals surface area contributed by atoms with Gasteiger partial charge in [-0.2, -0.15) is 9.35 Å². The maximum Gasteiger partial charge on any atom is 0.386 e. The van der Waals surface area contributed by atoms with Gasteiger partial charge in [-0.15, -0.1) is 4.68 Å². The number of aromatic nitrogens is 4. The first kappa shape index (κ1) is 21.8. The van der Waals surface area contributed by atoms with Crippen LogP contribution in [0.1, 0.15) is 10.4 Å². The summed E-state index contributed by atoms with van der Waals surface area (Å²) in [6.45, 7) is 0. The van der Waals surface area contributed by atoms with Gasteiger partial charge in [-0.1, -0.05) is 6.07 Å². The summed E-state index contributed by atoms with van der Waals surface area (Å²) in [4.78, 5) is 36.9. The lowest BCUT2D eigenvalue weighted by Crippen LogP contribution is -2.36. The third kappa shape index (κ3) is 3.82. The van der Waals surface area contributed by atoms with E-state index >= 15 is 0 Å². The predicted molar refractivity (Wildman–Crippen MR) is 106 cm³/mol. The number of tetrazole rings is 1. The molecule has 0 aliphatic rings. The molecule has 0 radical (unpaired) electrons. The average Bonchev–Trinajstić information content (AvgIpc) is 3.12. The quantitative estimate of drug-likeness (QED) is 0.453. The SMILES string of the molecule is COc1cc(OC)c(N([PH3+])C(=O)n2nnn(-c3c(F)cccc3F)c2=O)cc1C(=O)O. The van der Waals surface area contributed by atoms with Crippen LogP contribution in [0.25, 0.3) is 5.69 Å². The number of hydrogen-bond acceptors (Lipinski definition) is 7. The monoisotopic (exact) mass is 454 g/mol. The summed E-state index contributed by atoms with van der Waals surface area (Å²) < 4.78 is 39.6. The van der Waals surface area contributed by atoms with Gasteiger partial charge in [0.15, 0.2) is 11.6 Å². The van der Waals surface area contributed by atoms with Crippen molar-refractivity contribution in [2.45, 2.75) is 0 Å². The lowest BCUT2D eigenvalue weighted by atomic mass is 10.1. The highest BCUT2D eigenvalue weighted by Crippen LogP contribution is 2.37. The number of carbonyl (C=O) groups excluding carboxylic acids is 1. The molecular weight excluding hydrogens is 439 g/mol. The number of para-hydroxylation sites is 1. The number of amides is 1. The van der Waals surface area contributed by atoms with Gasteiger partial charge in [0.25, 0.3) is 0 Å². The van der Waals surface area contributed by atoms with Crippen LogP contribution in [-0.2, 0) is 0 Å². The normalized spacial score (nSPS) is 10.7. The van der Waals surface area contributed by atoms with Crippen molar-refractivity contribution in [1.29, 1.82) is 0 Å². The highest BCUT2D eigenvalue weighted by molar-refractivity contribution is 7.21. The number of hydrogen-bond donors (Lipinski definition) is 1. The van der Waals surface area contributed by atoms with Crippen molar-refractivity contribution in [3.63, 3.8) is 0 Å². The molecule has 1 unspecified atom stereocenters. The Balaban J connectivity index is 2.07. The van der Waals surface area contributed by atoms with E-state index in [4.69, 9.17) is 9.47 Å². The van der Waals surface area contributed by atoms with E-state index < -0.39 is 35.0 Å². The van der Waals surface area contributed by atoms with Gasteiger partial charge in [0.1, 0.15) is 28.4 Å². The second-order valence-electron chi connectivity index (χ2n) is 5.90. The second kappa shape index (κ2) is 8.48. The number of carbonyl (C=O) groups is 2. The van der Waals surface area contributed by atoms with Crippen LogP contribution >= 0.6 is 9.39 Å². The van der Waals surface area contributed by atoms with Crippen LogP contribution in [0.2, 0.25) is 0 Å². The largest absolute Gasteiger partial charge is 0.496 e. The molecule has 3 aromatic rings. The van der Waals surface area contributed by atoms with Crippen molar-refractivity contribution in [2.75, 3.05) is 18.9 Å². The Kier molecular flexibility index (Phi) is 5.97. The van der Waals surface area contributed by atoms with E-state index in [0.717, 1.165) is 38.3 Å². The van der Waals surface area contributed by atoms with E-state index in [9.17, 15) is 28.3 Å². The zero-order valence-corrected chi connectivity index (χ0v) is 17.5. The molecule has 0 aliphatic heterocycles. The Bertz CT molecular complexity index is 1220. The molecule has 1 atom stereocenters. The third-order valence-electron chi connectivity index (χ3n) is 4.16. The van der Waals surface area contributed by atoms with Gasteiger partial charge in [-0.05, 0) is 28.6 Å². The number of ether oxygens (including phenoxy) is 2. The van der Waals surface area contributed by atoms with Gasteiger partial charge in [-0.25, -0.2) is 23.2 Å². The Morgan fingerprint density at radius 3 is 2.26 bits per heavy atom. The number of halogens is 2. The summed E-state index contributed by atoms with van der Waals surface area (Å²) in [5.74, 6) is -3.45. The van der Waals surface area contributed by atoms with Gasteiger partial charge >= 0.3 is 17.7 Å². The fraction of sp³-hybridized carbons (Fsp3) is 0.118. The van der Waals surface area contributed by atoms with E-state index in [0.29, 0.717) is 4.68 Å². The minimum Gasteiger partial charge on any atom is -0.496 e. The number of benzene rings is 2. The molecule has 14 heteroatoms. The number of methoxy groups -OCH3 is 2. The maximum absolute atomic E-state index is 14.0. The maximum atomic E-state index is 14.0. The van der Waals surface area contributed by atoms with Gasteiger partial charge < -0.3 is 14.6 Å². The van der Waals surface area contributed by atoms with Crippen LogP contribution < -0.4 is 19.8 Å². The topological polar surface area (TPSA) is 129 Å². The minimum absolute atomic E-state index is 0.0181. The summed E-state index contributed by atoms with van der Waals surface area (Å²) in [7, 11) is 3.51. The molecule has 1 heterocycles. The van der Waals surface area contributed by atoms with Crippen molar-refractivity contribution in [3.8, 4) is 17.2 Å². The Labute approximate surface area is 174 Å². The lowest BCUT2D eigenvalue weighted by Gasteiger charge is -2.16. The molecule has 0 bridgehead atoms. The van der Waals surface area contributed by atoms with Crippen molar-refractivity contribution in [2.24, 2.45) is 0 Å². The van der Waals surface area contributed by atoms with Crippen molar-refractivity contribution >= 4 is 27.1 Å². The lowest BCUT2D eigenvalue weighted by molar-refractivity contribution is 0.0693. The van der Waals surface area contributed by atoms with Crippen LogP contribution in [-0.4, -0.2) is 51.1 Å². The van der Waals surface area contributed by atoms with E-state index in [1.54, 1.807) is 0 Å². The Morgan fingerprint density at radius 2 is 1.71 bits per heavy atom. The summed E-state index contributed by atoms with van der Waals surface area (Å²) in [5.41, 5.74) is -2.34. The van der Waals surface area contributed by atoms with E-state index in [1.165, 1.54) is 20.3 Å². The molecular formula is C17H15F2N5O6P+. The molecule has 3 rings (SSSR count). The summed E-state index contributed by atoms with van der Waals surface area (Å²) in [6, 6.07) is 4.20. The Hall–Kier alpha value is -3.86. The average molecular weight is 454 g/mol. The summed E-state index contributed by atoms with van der Waals surface area (Å²) in [6.07, 6.45) is 0. The van der Waals surface area contributed by atoms with E-state index in [2.05, 4.69) is 10.4 Å². The molecule has 0 spiro atoms. The zero-order chi connectivity index (χ0) is 22.9. The first-order valence-electron chi connectivity index (χ1n) is 8.35. The number of carboxylic acid groups (broad SMARTS) is 1. The highest BCUT2D eigenvalue weighted by atomic mass is 31.0. The number of anilines is 1. The summed E-state index contributed by atoms with van der Waals surface area (Å²) in [5, 5.41) is 16.1. The van der Waals surface area contributed by atoms with Crippen LogP contribution in [0.5, 0.6) is 11.5 Å². The number of carboxylic acids is 1. The first-order valence-corrected chi connectivity index (χ1v) is 8.98. The molecule has 0 fully saturated rings. The predicted octanol–water partition coefficient (Wildman–Crippen LogP) is 1.42. The van der Waals surface area contributed by atoms with Gasteiger partial charge in [0, 0.05) is 6.07 Å². The van der Waals surface area contributed by atoms with Gasteiger partial charge in [0.2, 0.25) is 0 Å². The van der Waals surface area contributed by atoms with Crippen molar-refractivity contribution in [3.05, 3.63) is 58.0 Å². The standard InChI is InChI=1S/C17H14F2N5O6P/c1-29-12-7-13(30-2)11(6-8(12)15(25)26)24(31)17(28)23-16(27)22(20-21-23)14-9(18)4-3-5-10(14)19/h3-7H,31H2,1-2H3,(H,25,26)/p+1.